The zero-order valence-corrected chi connectivity index (χ0v) is 12.3. The van der Waals surface area contributed by atoms with Crippen molar-refractivity contribution in [1.82, 2.24) is 5.32 Å². The molecule has 0 radical (unpaired) electrons. The quantitative estimate of drug-likeness (QED) is 0.855. The number of hydrogen-bond acceptors (Lipinski definition) is 4. The molecule has 2 heterocycles. The molecule has 2 aliphatic rings. The molecule has 19 heavy (non-hydrogen) atoms. The number of ether oxygens (including phenoxy) is 1. The van der Waals surface area contributed by atoms with Crippen LogP contribution >= 0.6 is 11.8 Å². The number of benzene rings is 1. The first-order chi connectivity index (χ1) is 9.14. The molecule has 3 nitrogen and oxygen atoms in total. The molecular weight excluding hydrogens is 256 g/mol. The molecule has 1 unspecified atom stereocenters. The molecule has 0 saturated carbocycles. The second-order valence-corrected chi connectivity index (χ2v) is 6.91. The van der Waals surface area contributed by atoms with E-state index in [1.807, 2.05) is 23.9 Å². The fourth-order valence-electron chi connectivity index (χ4n) is 2.37. The summed E-state index contributed by atoms with van der Waals surface area (Å²) < 4.78 is 5.69. The summed E-state index contributed by atoms with van der Waals surface area (Å²) in [6.07, 6.45) is 1.000. The van der Waals surface area contributed by atoms with Crippen LogP contribution in [0.3, 0.4) is 0 Å². The molecule has 1 aromatic carbocycles. The summed E-state index contributed by atoms with van der Waals surface area (Å²) in [6.45, 7) is 6.22. The zero-order chi connectivity index (χ0) is 13.3. The zero-order valence-electron chi connectivity index (χ0n) is 11.5. The number of aliphatic imine (C=N–C) groups is 1. The summed E-state index contributed by atoms with van der Waals surface area (Å²) in [7, 11) is 0. The molecule has 4 heteroatoms. The first-order valence-corrected chi connectivity index (χ1v) is 7.78. The summed E-state index contributed by atoms with van der Waals surface area (Å²) in [5, 5.41) is 4.67. The van der Waals surface area contributed by atoms with Crippen LogP contribution in [0.2, 0.25) is 0 Å². The van der Waals surface area contributed by atoms with Crippen molar-refractivity contribution in [2.75, 3.05) is 18.9 Å². The minimum Gasteiger partial charge on any atom is -0.493 e. The van der Waals surface area contributed by atoms with Crippen LogP contribution in [0, 0.1) is 5.41 Å². The van der Waals surface area contributed by atoms with Crippen LogP contribution in [-0.2, 0) is 0 Å². The highest BCUT2D eigenvalue weighted by Crippen LogP contribution is 2.33. The predicted molar refractivity (Wildman–Crippen MR) is 81.0 cm³/mol. The third kappa shape index (κ3) is 2.89. The van der Waals surface area contributed by atoms with Gasteiger partial charge in [-0.2, -0.15) is 0 Å². The van der Waals surface area contributed by atoms with Crippen molar-refractivity contribution in [1.29, 1.82) is 0 Å². The monoisotopic (exact) mass is 276 g/mol. The molecule has 1 aromatic rings. The number of rotatable bonds is 1. The summed E-state index contributed by atoms with van der Waals surface area (Å²) >= 11 is 1.84. The first-order valence-electron chi connectivity index (χ1n) is 6.80. The first kappa shape index (κ1) is 12.9. The molecule has 0 bridgehead atoms. The number of para-hydroxylation sites is 1. The maximum Gasteiger partial charge on any atom is 0.157 e. The second kappa shape index (κ2) is 5.08. The van der Waals surface area contributed by atoms with Crippen LogP contribution in [0.5, 0.6) is 5.75 Å². The van der Waals surface area contributed by atoms with Gasteiger partial charge in [0.25, 0.3) is 0 Å². The van der Waals surface area contributed by atoms with Gasteiger partial charge in [-0.15, -0.1) is 0 Å². The van der Waals surface area contributed by atoms with Gasteiger partial charge in [0.05, 0.1) is 12.6 Å². The van der Waals surface area contributed by atoms with Crippen molar-refractivity contribution < 1.29 is 4.74 Å². The third-order valence-electron chi connectivity index (χ3n) is 3.51. The van der Waals surface area contributed by atoms with Crippen molar-refractivity contribution in [3.8, 4) is 5.75 Å². The molecule has 0 fully saturated rings. The largest absolute Gasteiger partial charge is 0.493 e. The Morgan fingerprint density at radius 2 is 2.21 bits per heavy atom. The number of thioether (sulfide) groups is 1. The smallest absolute Gasteiger partial charge is 0.157 e. The summed E-state index contributed by atoms with van der Waals surface area (Å²) in [5.74, 6) is 2.14. The highest BCUT2D eigenvalue weighted by Gasteiger charge is 2.26. The third-order valence-corrected chi connectivity index (χ3v) is 4.95. The lowest BCUT2D eigenvalue weighted by atomic mass is 9.97. The lowest BCUT2D eigenvalue weighted by Gasteiger charge is -2.31. The van der Waals surface area contributed by atoms with E-state index in [0.717, 1.165) is 36.2 Å². The Morgan fingerprint density at radius 1 is 1.37 bits per heavy atom. The lowest BCUT2D eigenvalue weighted by molar-refractivity contribution is 0.262. The van der Waals surface area contributed by atoms with E-state index < -0.39 is 0 Å². The van der Waals surface area contributed by atoms with E-state index in [-0.39, 0.29) is 0 Å². The van der Waals surface area contributed by atoms with Gasteiger partial charge in [-0.3, -0.25) is 4.99 Å². The molecule has 0 aliphatic carbocycles. The Bertz CT molecular complexity index is 499. The average molecular weight is 276 g/mol. The van der Waals surface area contributed by atoms with Gasteiger partial charge in [0, 0.05) is 24.3 Å². The van der Waals surface area contributed by atoms with Crippen molar-refractivity contribution in [3.05, 3.63) is 29.8 Å². The standard InChI is InChI=1S/C15H20N2OS/c1-15(2)9-16-14(19-10-15)17-12-7-8-18-13-6-4-3-5-11(12)13/h3-6,12H,7-10H2,1-2H3,(H,16,17). The van der Waals surface area contributed by atoms with Gasteiger partial charge in [-0.1, -0.05) is 43.8 Å². The Balaban J connectivity index is 1.73. The second-order valence-electron chi connectivity index (χ2n) is 5.95. The van der Waals surface area contributed by atoms with Crippen molar-refractivity contribution in [3.63, 3.8) is 0 Å². The molecule has 1 N–H and O–H groups in total. The Morgan fingerprint density at radius 3 is 3.00 bits per heavy atom. The number of hydrogen-bond donors (Lipinski definition) is 1. The summed E-state index contributed by atoms with van der Waals surface area (Å²) in [5.41, 5.74) is 1.57. The molecule has 0 aromatic heterocycles. The minimum atomic E-state index is 0.323. The van der Waals surface area contributed by atoms with Gasteiger partial charge >= 0.3 is 0 Å². The predicted octanol–water partition coefficient (Wildman–Crippen LogP) is 3.23. The Kier molecular flexibility index (Phi) is 3.44. The van der Waals surface area contributed by atoms with Gasteiger partial charge in [-0.25, -0.2) is 0 Å². The molecule has 0 amide bonds. The summed E-state index contributed by atoms with van der Waals surface area (Å²) in [6, 6.07) is 8.61. The van der Waals surface area contributed by atoms with E-state index in [1.165, 1.54) is 5.56 Å². The Labute approximate surface area is 118 Å². The van der Waals surface area contributed by atoms with Crippen molar-refractivity contribution >= 4 is 16.9 Å². The normalized spacial score (nSPS) is 24.9. The number of nitrogens with zero attached hydrogens (tertiary/aromatic N) is 1. The van der Waals surface area contributed by atoms with E-state index in [0.29, 0.717) is 11.5 Å². The topological polar surface area (TPSA) is 33.6 Å². The fourth-order valence-corrected chi connectivity index (χ4v) is 3.37. The van der Waals surface area contributed by atoms with E-state index >= 15 is 0 Å². The molecule has 3 rings (SSSR count). The van der Waals surface area contributed by atoms with Crippen LogP contribution in [0.4, 0.5) is 0 Å². The van der Waals surface area contributed by atoms with Gasteiger partial charge in [0.2, 0.25) is 0 Å². The molecule has 0 spiro atoms. The van der Waals surface area contributed by atoms with Crippen molar-refractivity contribution in [2.24, 2.45) is 10.4 Å². The van der Waals surface area contributed by atoms with Crippen LogP contribution in [0.1, 0.15) is 31.9 Å². The molecule has 102 valence electrons. The SMILES string of the molecule is CC1(C)CN=C(NC2CCOc3ccccc32)SC1. The van der Waals surface area contributed by atoms with Crippen LogP contribution in [0.25, 0.3) is 0 Å². The van der Waals surface area contributed by atoms with Gasteiger partial charge in [0.15, 0.2) is 5.17 Å². The number of amidine groups is 1. The number of fused-ring (bicyclic) bond motifs is 1. The highest BCUT2D eigenvalue weighted by atomic mass is 32.2. The molecule has 2 aliphatic heterocycles. The number of nitrogens with one attached hydrogen (secondary N) is 1. The van der Waals surface area contributed by atoms with E-state index in [4.69, 9.17) is 4.74 Å². The van der Waals surface area contributed by atoms with E-state index in [2.05, 4.69) is 36.3 Å². The van der Waals surface area contributed by atoms with Gasteiger partial charge < -0.3 is 10.1 Å². The van der Waals surface area contributed by atoms with Crippen molar-refractivity contribution in [2.45, 2.75) is 26.3 Å². The van der Waals surface area contributed by atoms with Crippen LogP contribution in [-0.4, -0.2) is 24.1 Å². The maximum absolute atomic E-state index is 5.69. The highest BCUT2D eigenvalue weighted by molar-refractivity contribution is 8.13. The van der Waals surface area contributed by atoms with Gasteiger partial charge in [-0.05, 0) is 11.5 Å². The molecule has 1 atom stereocenters. The lowest BCUT2D eigenvalue weighted by Crippen LogP contribution is -2.35. The summed E-state index contributed by atoms with van der Waals surface area (Å²) in [4.78, 5) is 4.68. The minimum absolute atomic E-state index is 0.323. The maximum atomic E-state index is 5.69. The Hall–Kier alpha value is -1.16. The van der Waals surface area contributed by atoms with E-state index in [9.17, 15) is 0 Å². The fraction of sp³-hybridized carbons (Fsp3) is 0.533. The molecular formula is C15H20N2OS. The average Bonchev–Trinajstić information content (AvgIpc) is 2.42. The van der Waals surface area contributed by atoms with Gasteiger partial charge in [0.1, 0.15) is 5.75 Å². The van der Waals surface area contributed by atoms with Crippen LogP contribution < -0.4 is 10.1 Å². The molecule has 0 saturated heterocycles. The van der Waals surface area contributed by atoms with Crippen LogP contribution in [0.15, 0.2) is 29.3 Å². The van der Waals surface area contributed by atoms with E-state index in [1.54, 1.807) is 0 Å².